The summed E-state index contributed by atoms with van der Waals surface area (Å²) in [6, 6.07) is 4.40. The van der Waals surface area contributed by atoms with E-state index in [-0.39, 0.29) is 23.4 Å². The number of nitrogens with one attached hydrogen (secondary N) is 2. The molecule has 41 heavy (non-hydrogen) atoms. The molecular formula is C30H39N7O3S. The highest BCUT2D eigenvalue weighted by Gasteiger charge is 2.47. The number of hydrogen-bond acceptors (Lipinski definition) is 11. The monoisotopic (exact) mass is 577 g/mol. The summed E-state index contributed by atoms with van der Waals surface area (Å²) in [5, 5.41) is 35.0. The van der Waals surface area contributed by atoms with Crippen molar-refractivity contribution >= 4 is 27.9 Å². The van der Waals surface area contributed by atoms with Crippen LogP contribution in [-0.2, 0) is 16.6 Å². The van der Waals surface area contributed by atoms with Crippen molar-refractivity contribution in [1.82, 2.24) is 14.9 Å². The van der Waals surface area contributed by atoms with Gasteiger partial charge < -0.3 is 25.6 Å². The summed E-state index contributed by atoms with van der Waals surface area (Å²) in [7, 11) is 2.12. The minimum atomic E-state index is -0.701. The summed E-state index contributed by atoms with van der Waals surface area (Å²) in [6.45, 7) is 5.27. The van der Waals surface area contributed by atoms with Crippen LogP contribution in [0.15, 0.2) is 17.4 Å². The number of nitriles is 1. The summed E-state index contributed by atoms with van der Waals surface area (Å²) < 4.78 is 11.7. The quantitative estimate of drug-likeness (QED) is 0.331. The molecule has 218 valence electrons. The molecule has 4 aliphatic rings. The SMILES string of the molecule is C[C@H](Oc1cc(NCC2COC2)nc(C(=N)C2=C(O)[C@@]3(CCC2)CCCc2sc(N)c(C#N)c23)n1)[C@@H]1CCCN1C. The van der Waals surface area contributed by atoms with Gasteiger partial charge in [0.15, 0.2) is 5.82 Å². The molecule has 2 fully saturated rings. The zero-order chi connectivity index (χ0) is 28.7. The molecule has 0 amide bonds. The van der Waals surface area contributed by atoms with Crippen LogP contribution in [0.4, 0.5) is 10.8 Å². The number of aliphatic hydroxyl groups excluding tert-OH is 1. The lowest BCUT2D eigenvalue weighted by Gasteiger charge is -2.41. The number of allylic oxidation sites excluding steroid dienone is 2. The summed E-state index contributed by atoms with van der Waals surface area (Å²) in [6.07, 6.45) is 6.66. The molecule has 2 aliphatic carbocycles. The van der Waals surface area contributed by atoms with E-state index in [9.17, 15) is 15.8 Å². The molecule has 0 saturated carbocycles. The molecule has 2 aromatic heterocycles. The molecule has 2 saturated heterocycles. The van der Waals surface area contributed by atoms with Gasteiger partial charge in [0.2, 0.25) is 5.88 Å². The molecule has 0 unspecified atom stereocenters. The van der Waals surface area contributed by atoms with E-state index in [0.717, 1.165) is 75.1 Å². The highest BCUT2D eigenvalue weighted by Crippen LogP contribution is 2.54. The topological polar surface area (TPSA) is 153 Å². The van der Waals surface area contributed by atoms with E-state index in [0.29, 0.717) is 52.8 Å². The summed E-state index contributed by atoms with van der Waals surface area (Å²) in [4.78, 5) is 12.8. The first kappa shape index (κ1) is 27.9. The van der Waals surface area contributed by atoms with Crippen molar-refractivity contribution < 1.29 is 14.6 Å². The number of aromatic nitrogens is 2. The number of likely N-dealkylation sites (tertiary alicyclic amines) is 1. The van der Waals surface area contributed by atoms with Crippen LogP contribution in [-0.4, -0.2) is 71.2 Å². The fraction of sp³-hybridized carbons (Fsp3) is 0.600. The first-order chi connectivity index (χ1) is 19.8. The largest absolute Gasteiger partial charge is 0.511 e. The van der Waals surface area contributed by atoms with E-state index < -0.39 is 5.41 Å². The zero-order valence-electron chi connectivity index (χ0n) is 23.8. The van der Waals surface area contributed by atoms with Crippen molar-refractivity contribution in [3.63, 3.8) is 0 Å². The van der Waals surface area contributed by atoms with Gasteiger partial charge in [0.25, 0.3) is 0 Å². The maximum atomic E-state index is 11.9. The van der Waals surface area contributed by atoms with Crippen LogP contribution in [0.1, 0.15) is 73.7 Å². The Hall–Kier alpha value is -3.20. The Morgan fingerprint density at radius 1 is 1.34 bits per heavy atom. The number of ether oxygens (including phenoxy) is 2. The molecule has 4 heterocycles. The number of hydrogen-bond donors (Lipinski definition) is 4. The lowest BCUT2D eigenvalue weighted by Crippen LogP contribution is -2.38. The van der Waals surface area contributed by atoms with Gasteiger partial charge in [-0.3, -0.25) is 10.3 Å². The highest BCUT2D eigenvalue weighted by molar-refractivity contribution is 7.16. The van der Waals surface area contributed by atoms with Crippen LogP contribution in [0.3, 0.4) is 0 Å². The van der Waals surface area contributed by atoms with Crippen LogP contribution in [0.2, 0.25) is 0 Å². The number of rotatable bonds is 8. The Morgan fingerprint density at radius 3 is 2.80 bits per heavy atom. The number of aliphatic hydroxyl groups is 1. The van der Waals surface area contributed by atoms with Gasteiger partial charge in [0.1, 0.15) is 34.5 Å². The van der Waals surface area contributed by atoms with Crippen LogP contribution in [0, 0.1) is 22.7 Å². The van der Waals surface area contributed by atoms with Crippen LogP contribution >= 0.6 is 11.3 Å². The van der Waals surface area contributed by atoms with E-state index >= 15 is 0 Å². The van der Waals surface area contributed by atoms with Gasteiger partial charge in [-0.15, -0.1) is 11.3 Å². The van der Waals surface area contributed by atoms with Gasteiger partial charge in [-0.25, -0.2) is 4.98 Å². The molecule has 1 spiro atoms. The molecule has 3 atom stereocenters. The molecule has 6 rings (SSSR count). The first-order valence-electron chi connectivity index (χ1n) is 14.7. The minimum Gasteiger partial charge on any atom is -0.511 e. The second-order valence-electron chi connectivity index (χ2n) is 12.0. The Morgan fingerprint density at radius 2 is 2.12 bits per heavy atom. The summed E-state index contributed by atoms with van der Waals surface area (Å²) >= 11 is 1.46. The molecule has 2 aromatic rings. The zero-order valence-corrected chi connectivity index (χ0v) is 24.6. The first-order valence-corrected chi connectivity index (χ1v) is 15.5. The van der Waals surface area contributed by atoms with E-state index in [4.69, 9.17) is 25.2 Å². The third-order valence-corrected chi connectivity index (χ3v) is 10.4. The third-order valence-electron chi connectivity index (χ3n) is 9.31. The second kappa shape index (κ2) is 11.2. The predicted molar refractivity (Wildman–Crippen MR) is 159 cm³/mol. The fourth-order valence-electron chi connectivity index (χ4n) is 7.06. The Bertz CT molecular complexity index is 1410. The second-order valence-corrected chi connectivity index (χ2v) is 13.1. The van der Waals surface area contributed by atoms with Crippen molar-refractivity contribution in [2.75, 3.05) is 44.4 Å². The third kappa shape index (κ3) is 5.07. The fourth-order valence-corrected chi connectivity index (χ4v) is 8.22. The van der Waals surface area contributed by atoms with E-state index in [1.807, 2.05) is 0 Å². The van der Waals surface area contributed by atoms with E-state index in [1.54, 1.807) is 6.07 Å². The van der Waals surface area contributed by atoms with Gasteiger partial charge in [-0.2, -0.15) is 10.2 Å². The average Bonchev–Trinajstić information content (AvgIpc) is 3.51. The normalized spacial score (nSPS) is 25.4. The van der Waals surface area contributed by atoms with Crippen molar-refractivity contribution in [2.24, 2.45) is 5.92 Å². The van der Waals surface area contributed by atoms with Crippen molar-refractivity contribution in [3.8, 4) is 11.9 Å². The molecule has 11 heteroatoms. The summed E-state index contributed by atoms with van der Waals surface area (Å²) in [5.74, 6) is 1.82. The number of nitrogen functional groups attached to an aromatic ring is 1. The smallest absolute Gasteiger partial charge is 0.219 e. The number of aryl methyl sites for hydroxylation is 1. The van der Waals surface area contributed by atoms with Crippen LogP contribution < -0.4 is 15.8 Å². The number of fused-ring (bicyclic) bond motifs is 2. The van der Waals surface area contributed by atoms with Gasteiger partial charge in [0.05, 0.1) is 24.2 Å². The average molecular weight is 578 g/mol. The highest BCUT2D eigenvalue weighted by atomic mass is 32.1. The Labute approximate surface area is 245 Å². The van der Waals surface area contributed by atoms with Gasteiger partial charge >= 0.3 is 0 Å². The summed E-state index contributed by atoms with van der Waals surface area (Å²) in [5.41, 5.74) is 7.53. The lowest BCUT2D eigenvalue weighted by molar-refractivity contribution is -0.0248. The maximum absolute atomic E-state index is 11.9. The van der Waals surface area contributed by atoms with Gasteiger partial charge in [-0.1, -0.05) is 0 Å². The standard InChI is InChI=1S/C30H39N7O3S/c1-17(21-7-5-11-37(21)2)40-24-12-23(34-14-18-15-39-16-18)35-29(36-24)26(32)19-6-3-9-30(27(19)38)10-4-8-22-25(30)20(13-31)28(33)41-22/h12,17-18,21,32,38H,3-11,14-16,33H2,1-2H3,(H,34,35,36)/t17-,21-,30-/m0/s1. The number of anilines is 2. The molecule has 0 radical (unpaired) electrons. The van der Waals surface area contributed by atoms with Crippen molar-refractivity contribution in [3.05, 3.63) is 39.2 Å². The maximum Gasteiger partial charge on any atom is 0.219 e. The van der Waals surface area contributed by atoms with Gasteiger partial charge in [-0.05, 0) is 77.4 Å². The van der Waals surface area contributed by atoms with Gasteiger partial charge in [0, 0.05) is 35.0 Å². The van der Waals surface area contributed by atoms with Crippen molar-refractivity contribution in [2.45, 2.75) is 75.9 Å². The predicted octanol–water partition coefficient (Wildman–Crippen LogP) is 4.55. The number of thiophene rings is 1. The van der Waals surface area contributed by atoms with Crippen LogP contribution in [0.5, 0.6) is 5.88 Å². The molecule has 5 N–H and O–H groups in total. The molecular weight excluding hydrogens is 538 g/mol. The molecule has 0 bridgehead atoms. The number of nitrogens with two attached hydrogens (primary N) is 1. The van der Waals surface area contributed by atoms with Crippen molar-refractivity contribution in [1.29, 1.82) is 10.7 Å². The molecule has 2 aliphatic heterocycles. The Balaban J connectivity index is 1.35. The van der Waals surface area contributed by atoms with E-state index in [2.05, 4.69) is 30.3 Å². The van der Waals surface area contributed by atoms with E-state index in [1.165, 1.54) is 11.3 Å². The Kier molecular flexibility index (Phi) is 7.66. The minimum absolute atomic E-state index is 0.0769. The molecule has 0 aromatic carbocycles. The number of nitrogens with zero attached hydrogens (tertiary/aromatic N) is 4. The van der Waals surface area contributed by atoms with Crippen LogP contribution in [0.25, 0.3) is 0 Å². The molecule has 10 nitrogen and oxygen atoms in total. The lowest BCUT2D eigenvalue weighted by atomic mass is 9.63. The number of likely N-dealkylation sites (N-methyl/N-ethyl adjacent to an activating group) is 1.